The van der Waals surface area contributed by atoms with Crippen LogP contribution in [0.2, 0.25) is 0 Å². The summed E-state index contributed by atoms with van der Waals surface area (Å²) in [7, 11) is 0. The average Bonchev–Trinajstić information content (AvgIpc) is 2.04. The molecule has 0 fully saturated rings. The van der Waals surface area contributed by atoms with Gasteiger partial charge in [-0.25, -0.2) is 0 Å². The number of hydrogen-bond acceptors (Lipinski definition) is 1. The van der Waals surface area contributed by atoms with Crippen molar-refractivity contribution in [3.05, 3.63) is 24.3 Å². The van der Waals surface area contributed by atoms with Crippen molar-refractivity contribution >= 4 is 0 Å². The van der Waals surface area contributed by atoms with Crippen LogP contribution in [-0.4, -0.2) is 0 Å². The number of allylic oxidation sites excluding steroid dienone is 4. The van der Waals surface area contributed by atoms with Crippen LogP contribution in [0.3, 0.4) is 0 Å². The minimum absolute atomic E-state index is 0.526. The highest BCUT2D eigenvalue weighted by Crippen LogP contribution is 2.06. The van der Waals surface area contributed by atoms with Crippen molar-refractivity contribution in [2.45, 2.75) is 33.6 Å². The number of nitriles is 1. The van der Waals surface area contributed by atoms with Crippen LogP contribution in [0.25, 0.3) is 0 Å². The zero-order valence-corrected chi connectivity index (χ0v) is 8.83. The van der Waals surface area contributed by atoms with Gasteiger partial charge in [-0.15, -0.1) is 0 Å². The summed E-state index contributed by atoms with van der Waals surface area (Å²) in [5.41, 5.74) is 0. The summed E-state index contributed by atoms with van der Waals surface area (Å²) in [6.07, 6.45) is 10.1. The van der Waals surface area contributed by atoms with Gasteiger partial charge < -0.3 is 0 Å². The van der Waals surface area contributed by atoms with Crippen molar-refractivity contribution < 1.29 is 0 Å². The van der Waals surface area contributed by atoms with Gasteiger partial charge in [-0.05, 0) is 18.3 Å². The smallest absolute Gasteiger partial charge is 0.0663 e. The summed E-state index contributed by atoms with van der Waals surface area (Å²) >= 11 is 0. The molecule has 0 radical (unpaired) electrons. The first kappa shape index (κ1) is 12.0. The maximum Gasteiger partial charge on any atom is 0.0663 e. The predicted octanol–water partition coefficient (Wildman–Crippen LogP) is 3.69. The highest BCUT2D eigenvalue weighted by atomic mass is 14.2. The fourth-order valence-corrected chi connectivity index (χ4v) is 0.997. The van der Waals surface area contributed by atoms with Crippen molar-refractivity contribution in [2.75, 3.05) is 0 Å². The van der Waals surface area contributed by atoms with Crippen LogP contribution in [0.1, 0.15) is 33.6 Å². The maximum absolute atomic E-state index is 8.31. The lowest BCUT2D eigenvalue weighted by molar-refractivity contribution is 0.731. The summed E-state index contributed by atoms with van der Waals surface area (Å²) < 4.78 is 0. The van der Waals surface area contributed by atoms with E-state index >= 15 is 0 Å². The monoisotopic (exact) mass is 177 g/mol. The van der Waals surface area contributed by atoms with E-state index in [-0.39, 0.29) is 0 Å². The van der Waals surface area contributed by atoms with E-state index in [2.05, 4.69) is 45.1 Å². The van der Waals surface area contributed by atoms with Crippen LogP contribution in [-0.2, 0) is 0 Å². The fourth-order valence-electron chi connectivity index (χ4n) is 0.997. The molecule has 0 bridgehead atoms. The van der Waals surface area contributed by atoms with Crippen molar-refractivity contribution in [3.63, 3.8) is 0 Å². The van der Waals surface area contributed by atoms with Crippen LogP contribution in [0, 0.1) is 23.2 Å². The van der Waals surface area contributed by atoms with Gasteiger partial charge in [0.1, 0.15) is 0 Å². The molecule has 0 N–H and O–H groups in total. The van der Waals surface area contributed by atoms with E-state index in [1.54, 1.807) is 0 Å². The van der Waals surface area contributed by atoms with Crippen molar-refractivity contribution in [3.8, 4) is 6.07 Å². The summed E-state index contributed by atoms with van der Waals surface area (Å²) in [5, 5.41) is 8.31. The Labute approximate surface area is 81.8 Å². The Morgan fingerprint density at radius 2 is 1.85 bits per heavy atom. The Balaban J connectivity index is 3.63. The Morgan fingerprint density at radius 1 is 1.15 bits per heavy atom. The van der Waals surface area contributed by atoms with E-state index in [1.165, 1.54) is 0 Å². The fraction of sp³-hybridized carbons (Fsp3) is 0.583. The van der Waals surface area contributed by atoms with Gasteiger partial charge in [-0.2, -0.15) is 5.26 Å². The second kappa shape index (κ2) is 7.61. The first-order chi connectivity index (χ1) is 6.16. The lowest BCUT2D eigenvalue weighted by atomic mass is 10.1. The van der Waals surface area contributed by atoms with Crippen molar-refractivity contribution in [1.29, 1.82) is 5.26 Å². The molecule has 1 heteroatoms. The van der Waals surface area contributed by atoms with Gasteiger partial charge in [0.2, 0.25) is 0 Å². The third-order valence-corrected chi connectivity index (χ3v) is 1.70. The maximum atomic E-state index is 8.31. The largest absolute Gasteiger partial charge is 0.198 e. The molecule has 0 rings (SSSR count). The average molecular weight is 177 g/mol. The van der Waals surface area contributed by atoms with Gasteiger partial charge in [0, 0.05) is 0 Å². The van der Waals surface area contributed by atoms with Gasteiger partial charge in [-0.1, -0.05) is 45.1 Å². The Morgan fingerprint density at radius 3 is 2.38 bits per heavy atom. The molecular weight excluding hydrogens is 158 g/mol. The highest BCUT2D eigenvalue weighted by molar-refractivity contribution is 4.96. The molecule has 1 nitrogen and oxygen atoms in total. The molecular formula is C12H19N. The van der Waals surface area contributed by atoms with Gasteiger partial charge in [0.15, 0.2) is 0 Å². The highest BCUT2D eigenvalue weighted by Gasteiger charge is 1.92. The SMILES string of the molecule is CC(C)/C=C\CC(C)/C=C\CC#N. The van der Waals surface area contributed by atoms with Crippen LogP contribution in [0.4, 0.5) is 0 Å². The Bertz CT molecular complexity index is 206. The first-order valence-electron chi connectivity index (χ1n) is 4.87. The minimum atomic E-state index is 0.526. The van der Waals surface area contributed by atoms with E-state index in [0.717, 1.165) is 6.42 Å². The molecule has 1 unspecified atom stereocenters. The minimum Gasteiger partial charge on any atom is -0.198 e. The molecule has 0 aliphatic carbocycles. The lowest BCUT2D eigenvalue weighted by Crippen LogP contribution is -1.86. The molecule has 0 aliphatic rings. The molecule has 72 valence electrons. The molecule has 0 aromatic rings. The normalized spacial score (nSPS) is 14.1. The second-order valence-electron chi connectivity index (χ2n) is 3.68. The van der Waals surface area contributed by atoms with Gasteiger partial charge in [0.25, 0.3) is 0 Å². The van der Waals surface area contributed by atoms with E-state index in [0.29, 0.717) is 18.3 Å². The molecule has 0 aromatic heterocycles. The molecule has 0 heterocycles. The summed E-state index contributed by atoms with van der Waals surface area (Å²) in [6.45, 7) is 6.51. The zero-order chi connectivity index (χ0) is 10.1. The quantitative estimate of drug-likeness (QED) is 0.587. The molecule has 0 spiro atoms. The van der Waals surface area contributed by atoms with Gasteiger partial charge >= 0.3 is 0 Å². The molecule has 13 heavy (non-hydrogen) atoms. The van der Waals surface area contributed by atoms with Crippen molar-refractivity contribution in [1.82, 2.24) is 0 Å². The standard InChI is InChI=1S/C12H19N/c1-11(2)7-6-9-12(3)8-4-5-10-13/h4,6-8,11-12H,5,9H2,1-3H3/b7-6-,8-4-. The molecule has 0 aliphatic heterocycles. The van der Waals surface area contributed by atoms with Crippen LogP contribution in [0.5, 0.6) is 0 Å². The second-order valence-corrected chi connectivity index (χ2v) is 3.68. The first-order valence-corrected chi connectivity index (χ1v) is 4.87. The topological polar surface area (TPSA) is 23.8 Å². The molecule has 1 atom stereocenters. The summed E-state index contributed by atoms with van der Waals surface area (Å²) in [5.74, 6) is 1.18. The van der Waals surface area contributed by atoms with Crippen LogP contribution < -0.4 is 0 Å². The Hall–Kier alpha value is -1.03. The number of hydrogen-bond donors (Lipinski definition) is 0. The molecule has 0 amide bonds. The van der Waals surface area contributed by atoms with E-state index in [4.69, 9.17) is 5.26 Å². The summed E-state index contributed by atoms with van der Waals surface area (Å²) in [6, 6.07) is 2.09. The van der Waals surface area contributed by atoms with Gasteiger partial charge in [0.05, 0.1) is 12.5 Å². The third-order valence-electron chi connectivity index (χ3n) is 1.70. The number of nitrogens with zero attached hydrogens (tertiary/aromatic N) is 1. The molecule has 0 saturated heterocycles. The van der Waals surface area contributed by atoms with E-state index in [1.807, 2.05) is 6.08 Å². The Kier molecular flexibility index (Phi) is 7.01. The van der Waals surface area contributed by atoms with Crippen LogP contribution >= 0.6 is 0 Å². The van der Waals surface area contributed by atoms with Crippen molar-refractivity contribution in [2.24, 2.45) is 11.8 Å². The molecule has 0 aromatic carbocycles. The van der Waals surface area contributed by atoms with Crippen LogP contribution in [0.15, 0.2) is 24.3 Å². The predicted molar refractivity (Wildman–Crippen MR) is 57.1 cm³/mol. The zero-order valence-electron chi connectivity index (χ0n) is 8.83. The lowest BCUT2D eigenvalue weighted by Gasteiger charge is -2.00. The summed E-state index contributed by atoms with van der Waals surface area (Å²) in [4.78, 5) is 0. The number of rotatable bonds is 5. The van der Waals surface area contributed by atoms with E-state index in [9.17, 15) is 0 Å². The van der Waals surface area contributed by atoms with E-state index < -0.39 is 0 Å². The third kappa shape index (κ3) is 8.88. The molecule has 0 saturated carbocycles. The van der Waals surface area contributed by atoms with Gasteiger partial charge in [-0.3, -0.25) is 0 Å².